The van der Waals surface area contributed by atoms with E-state index >= 15 is 0 Å². The van der Waals surface area contributed by atoms with Crippen molar-refractivity contribution in [3.8, 4) is 6.07 Å². The van der Waals surface area contributed by atoms with Crippen LogP contribution in [0.1, 0.15) is 22.6 Å². The van der Waals surface area contributed by atoms with E-state index < -0.39 is 5.92 Å². The molecule has 0 aliphatic heterocycles. The maximum Gasteiger partial charge on any atom is 0.248 e. The van der Waals surface area contributed by atoms with Gasteiger partial charge >= 0.3 is 0 Å². The maximum atomic E-state index is 12.6. The van der Waals surface area contributed by atoms with Gasteiger partial charge in [-0.2, -0.15) is 5.26 Å². The van der Waals surface area contributed by atoms with E-state index in [1.54, 1.807) is 11.9 Å². The Kier molecular flexibility index (Phi) is 4.39. The number of carbonyl (C=O) groups is 1. The molecule has 2 aromatic carbocycles. The Bertz CT molecular complexity index is 686. The Morgan fingerprint density at radius 2 is 1.81 bits per heavy atom. The Morgan fingerprint density at radius 3 is 2.38 bits per heavy atom. The summed E-state index contributed by atoms with van der Waals surface area (Å²) in [4.78, 5) is 14.2. The molecule has 0 heterocycles. The van der Waals surface area contributed by atoms with Crippen molar-refractivity contribution in [3.63, 3.8) is 0 Å². The monoisotopic (exact) mass is 278 g/mol. The first-order valence-electron chi connectivity index (χ1n) is 6.84. The highest BCUT2D eigenvalue weighted by Crippen LogP contribution is 2.24. The zero-order valence-corrected chi connectivity index (χ0v) is 12.5. The number of rotatable bonds is 3. The van der Waals surface area contributed by atoms with E-state index in [1.165, 1.54) is 0 Å². The third-order valence-corrected chi connectivity index (χ3v) is 3.55. The zero-order chi connectivity index (χ0) is 15.4. The molecule has 0 fully saturated rings. The van der Waals surface area contributed by atoms with Crippen molar-refractivity contribution < 1.29 is 4.79 Å². The lowest BCUT2D eigenvalue weighted by Gasteiger charge is -2.22. The second kappa shape index (κ2) is 6.23. The van der Waals surface area contributed by atoms with Gasteiger partial charge in [0.1, 0.15) is 0 Å². The van der Waals surface area contributed by atoms with Crippen LogP contribution in [0.3, 0.4) is 0 Å². The Labute approximate surface area is 125 Å². The number of hydrogen-bond donors (Lipinski definition) is 0. The van der Waals surface area contributed by atoms with Crippen molar-refractivity contribution in [1.82, 2.24) is 0 Å². The zero-order valence-electron chi connectivity index (χ0n) is 12.5. The fourth-order valence-corrected chi connectivity index (χ4v) is 2.41. The number of benzene rings is 2. The minimum Gasteiger partial charge on any atom is -0.314 e. The van der Waals surface area contributed by atoms with Crippen LogP contribution in [0.4, 0.5) is 5.69 Å². The molecular formula is C18H18N2O. The van der Waals surface area contributed by atoms with Gasteiger partial charge in [-0.1, -0.05) is 48.0 Å². The average Bonchev–Trinajstić information content (AvgIpc) is 2.48. The Hall–Kier alpha value is -2.60. The Balaban J connectivity index is 2.32. The van der Waals surface area contributed by atoms with Gasteiger partial charge in [-0.25, -0.2) is 0 Å². The first kappa shape index (κ1) is 14.8. The second-order valence-electron chi connectivity index (χ2n) is 5.16. The minimum atomic E-state index is -0.781. The molecule has 0 spiro atoms. The fourth-order valence-electron chi connectivity index (χ4n) is 2.41. The molecule has 3 heteroatoms. The molecule has 0 aliphatic rings. The predicted molar refractivity (Wildman–Crippen MR) is 84.1 cm³/mol. The molecule has 2 rings (SSSR count). The number of hydrogen-bond acceptors (Lipinski definition) is 2. The number of anilines is 1. The normalized spacial score (nSPS) is 11.5. The maximum absolute atomic E-state index is 12.6. The van der Waals surface area contributed by atoms with Crippen molar-refractivity contribution in [1.29, 1.82) is 5.26 Å². The highest BCUT2D eigenvalue weighted by molar-refractivity contribution is 6.00. The van der Waals surface area contributed by atoms with Gasteiger partial charge in [0.25, 0.3) is 0 Å². The fraction of sp³-hybridized carbons (Fsp3) is 0.222. The first-order valence-corrected chi connectivity index (χ1v) is 6.84. The summed E-state index contributed by atoms with van der Waals surface area (Å²) in [6.07, 6.45) is 0. The van der Waals surface area contributed by atoms with E-state index in [4.69, 9.17) is 0 Å². The quantitative estimate of drug-likeness (QED) is 0.861. The number of carbonyl (C=O) groups excluding carboxylic acids is 1. The summed E-state index contributed by atoms with van der Waals surface area (Å²) in [7, 11) is 1.72. The molecular weight excluding hydrogens is 260 g/mol. The number of aryl methyl sites for hydroxylation is 2. The SMILES string of the molecule is Cc1ccc(N(C)C(=O)C(C#N)c2ccccc2)c(C)c1. The molecule has 2 aromatic rings. The molecule has 1 atom stereocenters. The van der Waals surface area contributed by atoms with Crippen LogP contribution < -0.4 is 4.90 Å². The van der Waals surface area contributed by atoms with E-state index in [0.717, 1.165) is 22.4 Å². The standard InChI is InChI=1S/C18H18N2O/c1-13-9-10-17(14(2)11-13)20(3)18(21)16(12-19)15-7-5-4-6-8-15/h4-11,16H,1-3H3. The van der Waals surface area contributed by atoms with Crippen molar-refractivity contribution in [2.45, 2.75) is 19.8 Å². The van der Waals surface area contributed by atoms with Gasteiger partial charge in [0.2, 0.25) is 5.91 Å². The van der Waals surface area contributed by atoms with Crippen LogP contribution in [-0.2, 0) is 4.79 Å². The van der Waals surface area contributed by atoms with Gasteiger partial charge in [-0.15, -0.1) is 0 Å². The predicted octanol–water partition coefficient (Wildman–Crippen LogP) is 3.57. The number of likely N-dealkylation sites (N-methyl/N-ethyl adjacent to an activating group) is 1. The third kappa shape index (κ3) is 3.11. The van der Waals surface area contributed by atoms with Crippen LogP contribution in [0.2, 0.25) is 0 Å². The summed E-state index contributed by atoms with van der Waals surface area (Å²) in [5, 5.41) is 9.36. The summed E-state index contributed by atoms with van der Waals surface area (Å²) >= 11 is 0. The Morgan fingerprint density at radius 1 is 1.14 bits per heavy atom. The van der Waals surface area contributed by atoms with E-state index in [2.05, 4.69) is 6.07 Å². The van der Waals surface area contributed by atoms with Crippen LogP contribution >= 0.6 is 0 Å². The summed E-state index contributed by atoms with van der Waals surface area (Å²) in [5.41, 5.74) is 3.73. The van der Waals surface area contributed by atoms with Gasteiger partial charge < -0.3 is 4.90 Å². The van der Waals surface area contributed by atoms with Crippen LogP contribution in [0.5, 0.6) is 0 Å². The summed E-state index contributed by atoms with van der Waals surface area (Å²) in [6, 6.07) is 17.2. The van der Waals surface area contributed by atoms with Crippen molar-refractivity contribution in [2.24, 2.45) is 0 Å². The lowest BCUT2D eigenvalue weighted by atomic mass is 9.98. The average molecular weight is 278 g/mol. The van der Waals surface area contributed by atoms with Crippen LogP contribution in [-0.4, -0.2) is 13.0 Å². The van der Waals surface area contributed by atoms with Crippen molar-refractivity contribution >= 4 is 11.6 Å². The number of amides is 1. The van der Waals surface area contributed by atoms with Gasteiger partial charge in [-0.05, 0) is 31.0 Å². The van der Waals surface area contributed by atoms with E-state index in [0.29, 0.717) is 0 Å². The van der Waals surface area contributed by atoms with Gasteiger partial charge in [0.05, 0.1) is 6.07 Å². The van der Waals surface area contributed by atoms with Gasteiger partial charge in [0, 0.05) is 12.7 Å². The van der Waals surface area contributed by atoms with Crippen LogP contribution in [0, 0.1) is 25.2 Å². The summed E-state index contributed by atoms with van der Waals surface area (Å²) in [6.45, 7) is 3.98. The first-order chi connectivity index (χ1) is 10.0. The molecule has 0 aromatic heterocycles. The molecule has 0 radical (unpaired) electrons. The lowest BCUT2D eigenvalue weighted by Crippen LogP contribution is -2.31. The second-order valence-corrected chi connectivity index (χ2v) is 5.16. The van der Waals surface area contributed by atoms with Crippen molar-refractivity contribution in [3.05, 3.63) is 65.2 Å². The molecule has 0 bridgehead atoms. The number of nitriles is 1. The number of nitrogens with zero attached hydrogens (tertiary/aromatic N) is 2. The highest BCUT2D eigenvalue weighted by Gasteiger charge is 2.25. The highest BCUT2D eigenvalue weighted by atomic mass is 16.2. The van der Waals surface area contributed by atoms with Crippen LogP contribution in [0.15, 0.2) is 48.5 Å². The molecule has 0 saturated heterocycles. The van der Waals surface area contributed by atoms with Gasteiger partial charge in [-0.3, -0.25) is 4.79 Å². The third-order valence-electron chi connectivity index (χ3n) is 3.55. The molecule has 0 N–H and O–H groups in total. The molecule has 3 nitrogen and oxygen atoms in total. The van der Waals surface area contributed by atoms with Gasteiger partial charge in [0.15, 0.2) is 5.92 Å². The van der Waals surface area contributed by atoms with Crippen LogP contribution in [0.25, 0.3) is 0 Å². The topological polar surface area (TPSA) is 44.1 Å². The van der Waals surface area contributed by atoms with Crippen molar-refractivity contribution in [2.75, 3.05) is 11.9 Å². The molecule has 106 valence electrons. The minimum absolute atomic E-state index is 0.212. The summed E-state index contributed by atoms with van der Waals surface area (Å²) < 4.78 is 0. The largest absolute Gasteiger partial charge is 0.314 e. The molecule has 0 saturated carbocycles. The van der Waals surface area contributed by atoms with E-state index in [-0.39, 0.29) is 5.91 Å². The van der Waals surface area contributed by atoms with E-state index in [1.807, 2.05) is 62.4 Å². The summed E-state index contributed by atoms with van der Waals surface area (Å²) in [5.74, 6) is -0.993. The lowest BCUT2D eigenvalue weighted by molar-refractivity contribution is -0.118. The molecule has 0 aliphatic carbocycles. The van der Waals surface area contributed by atoms with E-state index in [9.17, 15) is 10.1 Å². The smallest absolute Gasteiger partial charge is 0.248 e. The molecule has 21 heavy (non-hydrogen) atoms. The molecule has 1 unspecified atom stereocenters. The molecule has 1 amide bonds.